The number of aromatic nitrogens is 5. The van der Waals surface area contributed by atoms with Crippen molar-refractivity contribution in [2.24, 2.45) is 7.05 Å². The minimum atomic E-state index is -0.121. The molecule has 7 heteroatoms. The van der Waals surface area contributed by atoms with Gasteiger partial charge in [0.05, 0.1) is 17.3 Å². The van der Waals surface area contributed by atoms with E-state index in [0.29, 0.717) is 11.2 Å². The number of carbonyl (C=O) groups is 1. The maximum absolute atomic E-state index is 12.7. The smallest absolute Gasteiger partial charge is 0.255 e. The van der Waals surface area contributed by atoms with Crippen LogP contribution in [0.15, 0.2) is 24.7 Å². The fourth-order valence-electron chi connectivity index (χ4n) is 3.50. The van der Waals surface area contributed by atoms with Crippen LogP contribution in [0.2, 0.25) is 0 Å². The lowest BCUT2D eigenvalue weighted by atomic mass is 9.91. The molecular weight excluding hydrogens is 292 g/mol. The lowest BCUT2D eigenvalue weighted by Gasteiger charge is -2.24. The maximum Gasteiger partial charge on any atom is 0.255 e. The van der Waals surface area contributed by atoms with Gasteiger partial charge in [-0.15, -0.1) is 10.2 Å². The number of carbonyl (C=O) groups excluding carboxylic acids is 1. The van der Waals surface area contributed by atoms with Crippen LogP contribution >= 0.6 is 0 Å². The molecule has 3 aromatic heterocycles. The Labute approximate surface area is 133 Å². The van der Waals surface area contributed by atoms with Gasteiger partial charge in [-0.1, -0.05) is 0 Å². The van der Waals surface area contributed by atoms with Gasteiger partial charge in [-0.3, -0.25) is 13.9 Å². The molecule has 1 unspecified atom stereocenters. The summed E-state index contributed by atoms with van der Waals surface area (Å²) in [6.07, 6.45) is 6.41. The van der Waals surface area contributed by atoms with Gasteiger partial charge in [-0.25, -0.2) is 0 Å². The van der Waals surface area contributed by atoms with E-state index < -0.39 is 0 Å². The Morgan fingerprint density at radius 3 is 3.17 bits per heavy atom. The van der Waals surface area contributed by atoms with E-state index in [1.165, 1.54) is 11.3 Å². The third-order valence-electron chi connectivity index (χ3n) is 4.52. The van der Waals surface area contributed by atoms with Crippen LogP contribution in [0.1, 0.15) is 46.2 Å². The minimum Gasteiger partial charge on any atom is -0.345 e. The normalized spacial score (nSPS) is 17.2. The zero-order valence-electron chi connectivity index (χ0n) is 13.2. The van der Waals surface area contributed by atoms with Crippen LogP contribution in [0.5, 0.6) is 0 Å². The number of pyridine rings is 1. The summed E-state index contributed by atoms with van der Waals surface area (Å²) in [4.78, 5) is 12.7. The van der Waals surface area contributed by atoms with Crippen LogP contribution in [-0.4, -0.2) is 30.3 Å². The van der Waals surface area contributed by atoms with Crippen molar-refractivity contribution in [1.82, 2.24) is 29.7 Å². The van der Waals surface area contributed by atoms with Crippen molar-refractivity contribution < 1.29 is 4.79 Å². The molecule has 0 aromatic carbocycles. The van der Waals surface area contributed by atoms with Gasteiger partial charge in [0.1, 0.15) is 6.33 Å². The zero-order valence-corrected chi connectivity index (χ0v) is 13.2. The molecule has 4 rings (SSSR count). The highest BCUT2D eigenvalue weighted by Gasteiger charge is 2.28. The van der Waals surface area contributed by atoms with Gasteiger partial charge in [-0.2, -0.15) is 5.10 Å². The fraction of sp³-hybridized carbons (Fsp3) is 0.375. The van der Waals surface area contributed by atoms with Crippen molar-refractivity contribution in [1.29, 1.82) is 0 Å². The summed E-state index contributed by atoms with van der Waals surface area (Å²) in [5.41, 5.74) is 4.50. The maximum atomic E-state index is 12.7. The highest BCUT2D eigenvalue weighted by molar-refractivity contribution is 5.99. The molecule has 7 nitrogen and oxygen atoms in total. The molecule has 3 heterocycles. The lowest BCUT2D eigenvalue weighted by Crippen LogP contribution is -2.31. The Bertz CT molecular complexity index is 893. The van der Waals surface area contributed by atoms with E-state index in [0.717, 1.165) is 25.0 Å². The number of hydrogen-bond acceptors (Lipinski definition) is 4. The van der Waals surface area contributed by atoms with Gasteiger partial charge in [0.2, 0.25) is 0 Å². The molecule has 0 saturated carbocycles. The number of rotatable bonds is 2. The number of fused-ring (bicyclic) bond motifs is 2. The highest BCUT2D eigenvalue weighted by Crippen LogP contribution is 2.32. The summed E-state index contributed by atoms with van der Waals surface area (Å²) in [6.45, 7) is 2.00. The summed E-state index contributed by atoms with van der Waals surface area (Å²) in [5, 5.41) is 15.6. The van der Waals surface area contributed by atoms with Gasteiger partial charge in [-0.05, 0) is 38.3 Å². The van der Waals surface area contributed by atoms with E-state index in [9.17, 15) is 4.79 Å². The number of amides is 1. The monoisotopic (exact) mass is 310 g/mol. The third kappa shape index (κ3) is 2.19. The summed E-state index contributed by atoms with van der Waals surface area (Å²) >= 11 is 0. The first-order chi connectivity index (χ1) is 11.1. The first-order valence-electron chi connectivity index (χ1n) is 7.76. The SMILES string of the molecule is Cc1nn(C)c2c1C(NC(=O)c1cccn3cnnc13)CCC2. The lowest BCUT2D eigenvalue weighted by molar-refractivity contribution is 0.0933. The van der Waals surface area contributed by atoms with Crippen LogP contribution in [0.25, 0.3) is 5.65 Å². The fourth-order valence-corrected chi connectivity index (χ4v) is 3.50. The molecule has 0 radical (unpaired) electrons. The molecule has 0 saturated heterocycles. The van der Waals surface area contributed by atoms with Crippen molar-refractivity contribution in [3.05, 3.63) is 47.2 Å². The molecule has 1 N–H and O–H groups in total. The van der Waals surface area contributed by atoms with E-state index >= 15 is 0 Å². The molecule has 1 aliphatic rings. The Morgan fingerprint density at radius 2 is 2.30 bits per heavy atom. The predicted molar refractivity (Wildman–Crippen MR) is 84.1 cm³/mol. The van der Waals surface area contributed by atoms with Crippen molar-refractivity contribution in [3.8, 4) is 0 Å². The molecule has 23 heavy (non-hydrogen) atoms. The summed E-state index contributed by atoms with van der Waals surface area (Å²) < 4.78 is 3.68. The summed E-state index contributed by atoms with van der Waals surface area (Å²) in [5.74, 6) is -0.121. The molecule has 1 amide bonds. The molecule has 3 aromatic rings. The molecular formula is C16H18N6O. The standard InChI is InChI=1S/C16H18N6O/c1-10-14-12(6-3-7-13(14)21(2)20-10)18-16(23)11-5-4-8-22-9-17-19-15(11)22/h4-5,8-9,12H,3,6-7H2,1-2H3,(H,18,23). The number of nitrogens with one attached hydrogen (secondary N) is 1. The predicted octanol–water partition coefficient (Wildman–Crippen LogP) is 1.58. The van der Waals surface area contributed by atoms with Crippen LogP contribution in [0.4, 0.5) is 0 Å². The second-order valence-corrected chi connectivity index (χ2v) is 5.97. The van der Waals surface area contributed by atoms with E-state index in [4.69, 9.17) is 0 Å². The molecule has 1 atom stereocenters. The quantitative estimate of drug-likeness (QED) is 0.779. The summed E-state index contributed by atoms with van der Waals surface area (Å²) in [6, 6.07) is 3.61. The van der Waals surface area contributed by atoms with Crippen LogP contribution < -0.4 is 5.32 Å². The first-order valence-corrected chi connectivity index (χ1v) is 7.76. The van der Waals surface area contributed by atoms with E-state index in [-0.39, 0.29) is 11.9 Å². The van der Waals surface area contributed by atoms with Crippen LogP contribution in [0.3, 0.4) is 0 Å². The molecule has 0 aliphatic heterocycles. The second kappa shape index (κ2) is 5.19. The van der Waals surface area contributed by atoms with E-state index in [2.05, 4.69) is 20.6 Å². The van der Waals surface area contributed by atoms with Gasteiger partial charge >= 0.3 is 0 Å². The van der Waals surface area contributed by atoms with Gasteiger partial charge in [0.15, 0.2) is 5.65 Å². The van der Waals surface area contributed by atoms with Crippen molar-refractivity contribution in [2.75, 3.05) is 0 Å². The van der Waals surface area contributed by atoms with Crippen LogP contribution in [-0.2, 0) is 13.5 Å². The topological polar surface area (TPSA) is 77.1 Å². The second-order valence-electron chi connectivity index (χ2n) is 5.97. The Kier molecular flexibility index (Phi) is 3.14. The molecule has 1 aliphatic carbocycles. The number of nitrogens with zero attached hydrogens (tertiary/aromatic N) is 5. The molecule has 0 spiro atoms. The summed E-state index contributed by atoms with van der Waals surface area (Å²) in [7, 11) is 1.97. The highest BCUT2D eigenvalue weighted by atomic mass is 16.1. The zero-order chi connectivity index (χ0) is 16.0. The van der Waals surface area contributed by atoms with E-state index in [1.807, 2.05) is 30.9 Å². The Morgan fingerprint density at radius 1 is 1.43 bits per heavy atom. The van der Waals surface area contributed by atoms with Crippen LogP contribution in [0, 0.1) is 6.92 Å². The van der Waals surface area contributed by atoms with E-state index in [1.54, 1.807) is 16.8 Å². The largest absolute Gasteiger partial charge is 0.345 e. The third-order valence-corrected chi connectivity index (χ3v) is 4.52. The van der Waals surface area contributed by atoms with Crippen molar-refractivity contribution in [3.63, 3.8) is 0 Å². The molecule has 0 fully saturated rings. The molecule has 0 bridgehead atoms. The Balaban J connectivity index is 1.67. The average molecular weight is 310 g/mol. The van der Waals surface area contributed by atoms with Crippen molar-refractivity contribution >= 4 is 11.6 Å². The Hall–Kier alpha value is -2.70. The number of aryl methyl sites for hydroxylation is 2. The first kappa shape index (κ1) is 13.9. The number of hydrogen-bond donors (Lipinski definition) is 1. The van der Waals surface area contributed by atoms with Gasteiger partial charge in [0, 0.05) is 24.5 Å². The van der Waals surface area contributed by atoms with Crippen molar-refractivity contribution in [2.45, 2.75) is 32.2 Å². The van der Waals surface area contributed by atoms with Gasteiger partial charge < -0.3 is 5.32 Å². The average Bonchev–Trinajstić information content (AvgIpc) is 3.12. The minimum absolute atomic E-state index is 0.00290. The van der Waals surface area contributed by atoms with Gasteiger partial charge in [0.25, 0.3) is 5.91 Å². The molecule has 118 valence electrons.